The van der Waals surface area contributed by atoms with Crippen LogP contribution in [0.3, 0.4) is 0 Å². The molecular weight excluding hydrogens is 366 g/mol. The molecule has 0 unspecified atom stereocenters. The number of aryl methyl sites for hydroxylation is 2. The van der Waals surface area contributed by atoms with Gasteiger partial charge in [-0.3, -0.25) is 4.68 Å². The van der Waals surface area contributed by atoms with Gasteiger partial charge < -0.3 is 9.64 Å². The molecule has 0 aliphatic carbocycles. The molecule has 1 aromatic heterocycles. The van der Waals surface area contributed by atoms with Gasteiger partial charge in [0.2, 0.25) is 0 Å². The van der Waals surface area contributed by atoms with Crippen LogP contribution < -0.4 is 9.64 Å². The van der Waals surface area contributed by atoms with Crippen LogP contribution in [0.4, 0.5) is 5.69 Å². The number of hydrogen-bond acceptors (Lipinski definition) is 5. The van der Waals surface area contributed by atoms with Gasteiger partial charge in [0.05, 0.1) is 11.4 Å². The first-order valence-electron chi connectivity index (χ1n) is 8.92. The molecule has 0 amide bonds. The maximum Gasteiger partial charge on any atom is 0.281 e. The van der Waals surface area contributed by atoms with Crippen LogP contribution in [0.25, 0.3) is 0 Å². The zero-order valence-electron chi connectivity index (χ0n) is 16.3. The van der Waals surface area contributed by atoms with Crippen LogP contribution in [0.1, 0.15) is 11.4 Å². The summed E-state index contributed by atoms with van der Waals surface area (Å²) in [5, 5.41) is 4.31. The quantitative estimate of drug-likeness (QED) is 0.738. The maximum atomic E-state index is 12.2. The van der Waals surface area contributed by atoms with Crippen LogP contribution in [-0.2, 0) is 23.9 Å². The van der Waals surface area contributed by atoms with E-state index in [9.17, 15) is 8.42 Å². The molecule has 27 heavy (non-hydrogen) atoms. The van der Waals surface area contributed by atoms with Gasteiger partial charge in [-0.25, -0.2) is 0 Å². The summed E-state index contributed by atoms with van der Waals surface area (Å²) in [5.74, 6) is 0.798. The van der Waals surface area contributed by atoms with E-state index >= 15 is 0 Å². The average Bonchev–Trinajstić information content (AvgIpc) is 2.97. The van der Waals surface area contributed by atoms with Gasteiger partial charge in [-0.2, -0.15) is 22.1 Å². The van der Waals surface area contributed by atoms with Crippen molar-refractivity contribution in [1.82, 2.24) is 18.4 Å². The summed E-state index contributed by atoms with van der Waals surface area (Å²) in [6.45, 7) is 4.74. The van der Waals surface area contributed by atoms with E-state index in [4.69, 9.17) is 4.74 Å². The molecule has 3 rings (SSSR count). The van der Waals surface area contributed by atoms with Crippen molar-refractivity contribution >= 4 is 15.9 Å². The molecule has 2 aromatic rings. The number of benzene rings is 1. The lowest BCUT2D eigenvalue weighted by Crippen LogP contribution is -2.51. The van der Waals surface area contributed by atoms with Crippen molar-refractivity contribution in [1.29, 1.82) is 0 Å². The van der Waals surface area contributed by atoms with Gasteiger partial charge in [0.1, 0.15) is 12.4 Å². The highest BCUT2D eigenvalue weighted by Gasteiger charge is 2.28. The Morgan fingerprint density at radius 1 is 1.11 bits per heavy atom. The van der Waals surface area contributed by atoms with Crippen molar-refractivity contribution in [2.24, 2.45) is 7.05 Å². The second-order valence-corrected chi connectivity index (χ2v) is 9.00. The fourth-order valence-corrected chi connectivity index (χ4v) is 4.20. The minimum absolute atomic E-state index is 0.470. The van der Waals surface area contributed by atoms with Crippen LogP contribution in [0.2, 0.25) is 0 Å². The normalized spacial score (nSPS) is 16.1. The number of aromatic nitrogens is 2. The third-order valence-corrected chi connectivity index (χ3v) is 6.65. The minimum Gasteiger partial charge on any atom is -0.487 e. The van der Waals surface area contributed by atoms with E-state index in [1.807, 2.05) is 49.0 Å². The fraction of sp³-hybridized carbons (Fsp3) is 0.500. The monoisotopic (exact) mass is 393 g/mol. The fourth-order valence-electron chi connectivity index (χ4n) is 3.12. The van der Waals surface area contributed by atoms with Crippen molar-refractivity contribution < 1.29 is 13.2 Å². The second-order valence-electron chi connectivity index (χ2n) is 6.86. The third-order valence-electron chi connectivity index (χ3n) is 4.71. The van der Waals surface area contributed by atoms with E-state index in [-0.39, 0.29) is 0 Å². The highest BCUT2D eigenvalue weighted by molar-refractivity contribution is 7.86. The molecule has 0 bridgehead atoms. The van der Waals surface area contributed by atoms with Gasteiger partial charge in [0.25, 0.3) is 10.2 Å². The van der Waals surface area contributed by atoms with Crippen LogP contribution in [-0.4, -0.2) is 67.1 Å². The Morgan fingerprint density at radius 3 is 2.26 bits per heavy atom. The van der Waals surface area contributed by atoms with Gasteiger partial charge in [-0.05, 0) is 37.3 Å². The third kappa shape index (κ3) is 4.42. The molecule has 1 aliphatic rings. The number of hydrogen-bond donors (Lipinski definition) is 0. The van der Waals surface area contributed by atoms with Crippen molar-refractivity contribution in [3.63, 3.8) is 0 Å². The molecule has 0 atom stereocenters. The summed E-state index contributed by atoms with van der Waals surface area (Å²) >= 11 is 0. The summed E-state index contributed by atoms with van der Waals surface area (Å²) in [6, 6.07) is 9.93. The Kier molecular flexibility index (Phi) is 5.73. The summed E-state index contributed by atoms with van der Waals surface area (Å²) in [7, 11) is 1.70. The summed E-state index contributed by atoms with van der Waals surface area (Å²) in [5.41, 5.74) is 3.07. The molecule has 1 aliphatic heterocycles. The summed E-state index contributed by atoms with van der Waals surface area (Å²) in [4.78, 5) is 2.19. The number of piperazine rings is 1. The van der Waals surface area contributed by atoms with Gasteiger partial charge in [0.15, 0.2) is 0 Å². The first-order valence-corrected chi connectivity index (χ1v) is 10.3. The molecule has 0 saturated carbocycles. The molecule has 1 saturated heterocycles. The Bertz CT molecular complexity index is 869. The minimum atomic E-state index is -3.33. The van der Waals surface area contributed by atoms with Gasteiger partial charge in [0, 0.05) is 53.0 Å². The van der Waals surface area contributed by atoms with Gasteiger partial charge in [-0.15, -0.1) is 0 Å². The largest absolute Gasteiger partial charge is 0.487 e. The van der Waals surface area contributed by atoms with Gasteiger partial charge in [-0.1, -0.05) is 0 Å². The highest BCUT2D eigenvalue weighted by atomic mass is 32.2. The number of rotatable bonds is 6. The van der Waals surface area contributed by atoms with E-state index in [1.54, 1.807) is 14.1 Å². The average molecular weight is 394 g/mol. The van der Waals surface area contributed by atoms with Crippen molar-refractivity contribution in [2.45, 2.75) is 13.5 Å². The lowest BCUT2D eigenvalue weighted by atomic mass is 10.2. The zero-order chi connectivity index (χ0) is 19.6. The molecule has 0 N–H and O–H groups in total. The molecule has 2 heterocycles. The van der Waals surface area contributed by atoms with Crippen LogP contribution >= 0.6 is 0 Å². The number of ether oxygens (including phenoxy) is 1. The summed E-state index contributed by atoms with van der Waals surface area (Å²) < 4.78 is 34.9. The molecule has 148 valence electrons. The second kappa shape index (κ2) is 7.87. The molecular formula is C18H27N5O3S. The van der Waals surface area contributed by atoms with Crippen molar-refractivity contribution in [3.8, 4) is 5.75 Å². The first kappa shape index (κ1) is 19.7. The van der Waals surface area contributed by atoms with Crippen LogP contribution in [0.15, 0.2) is 30.3 Å². The lowest BCUT2D eigenvalue weighted by Gasteiger charge is -2.36. The molecule has 1 fully saturated rings. The Morgan fingerprint density at radius 2 is 1.74 bits per heavy atom. The van der Waals surface area contributed by atoms with E-state index in [0.717, 1.165) is 22.8 Å². The van der Waals surface area contributed by atoms with Crippen molar-refractivity contribution in [3.05, 3.63) is 41.7 Å². The standard InChI is InChI=1S/C18H27N5O3S/c1-15-13-17(21(4)19-15)14-26-18-7-5-16(6-8-18)22-9-11-23(12-10-22)27(24,25)20(2)3/h5-8,13H,9-12,14H2,1-4H3. The van der Waals surface area contributed by atoms with Crippen LogP contribution in [0, 0.1) is 6.92 Å². The SMILES string of the molecule is Cc1cc(COc2ccc(N3CCN(S(=O)(=O)N(C)C)CC3)cc2)n(C)n1. The Balaban J connectivity index is 1.56. The molecule has 9 heteroatoms. The van der Waals surface area contributed by atoms with Crippen molar-refractivity contribution in [2.75, 3.05) is 45.2 Å². The molecule has 0 radical (unpaired) electrons. The predicted octanol–water partition coefficient (Wildman–Crippen LogP) is 1.24. The Hall–Kier alpha value is -2.10. The number of nitrogens with zero attached hydrogens (tertiary/aromatic N) is 5. The zero-order valence-corrected chi connectivity index (χ0v) is 17.1. The number of anilines is 1. The molecule has 8 nitrogen and oxygen atoms in total. The highest BCUT2D eigenvalue weighted by Crippen LogP contribution is 2.22. The van der Waals surface area contributed by atoms with E-state index < -0.39 is 10.2 Å². The Labute approximate surface area is 161 Å². The maximum absolute atomic E-state index is 12.2. The van der Waals surface area contributed by atoms with Gasteiger partial charge >= 0.3 is 0 Å². The van der Waals surface area contributed by atoms with E-state index in [1.165, 1.54) is 8.61 Å². The molecule has 0 spiro atoms. The predicted molar refractivity (Wildman–Crippen MR) is 105 cm³/mol. The van der Waals surface area contributed by atoms with Crippen LogP contribution in [0.5, 0.6) is 5.75 Å². The molecule has 1 aromatic carbocycles. The first-order chi connectivity index (χ1) is 12.8. The topological polar surface area (TPSA) is 70.9 Å². The lowest BCUT2D eigenvalue weighted by molar-refractivity contribution is 0.295. The van der Waals surface area contributed by atoms with E-state index in [2.05, 4.69) is 10.00 Å². The summed E-state index contributed by atoms with van der Waals surface area (Å²) in [6.07, 6.45) is 0. The smallest absolute Gasteiger partial charge is 0.281 e. The van der Waals surface area contributed by atoms with E-state index in [0.29, 0.717) is 32.8 Å².